The number of nitrogens with zero attached hydrogens (tertiary/aromatic N) is 1. The Morgan fingerprint density at radius 1 is 0.960 bits per heavy atom. The van der Waals surface area contributed by atoms with Crippen molar-refractivity contribution in [1.82, 2.24) is 10.2 Å². The van der Waals surface area contributed by atoms with Crippen LogP contribution in [0.4, 0.5) is 0 Å². The van der Waals surface area contributed by atoms with Crippen molar-refractivity contribution in [3.63, 3.8) is 0 Å². The van der Waals surface area contributed by atoms with Crippen LogP contribution in [0, 0.1) is 13.8 Å². The van der Waals surface area contributed by atoms with E-state index in [0.717, 1.165) is 29.5 Å². The number of carbonyl (C=O) groups excluding carboxylic acids is 2. The van der Waals surface area contributed by atoms with Crippen LogP contribution in [0.15, 0.2) is 48.5 Å². The van der Waals surface area contributed by atoms with Gasteiger partial charge in [-0.05, 0) is 50.5 Å². The second-order valence-corrected chi connectivity index (χ2v) is 6.72. The van der Waals surface area contributed by atoms with Crippen LogP contribution >= 0.6 is 0 Å². The van der Waals surface area contributed by atoms with Crippen molar-refractivity contribution >= 4 is 11.8 Å². The minimum Gasteiger partial charge on any atom is -0.349 e. The Morgan fingerprint density at radius 3 is 2.24 bits per heavy atom. The molecule has 1 saturated heterocycles. The standard InChI is InChI=1S/C21H24N2O2/c1-15-7-9-17(10-8-15)20(24)22-18-11-13-23(14-12-18)21(25)19-6-4-3-5-16(19)2/h3-10,18H,11-14H2,1-2H3,(H,22,24). The molecule has 0 unspecified atom stereocenters. The fourth-order valence-electron chi connectivity index (χ4n) is 3.18. The molecule has 1 N–H and O–H groups in total. The summed E-state index contributed by atoms with van der Waals surface area (Å²) in [6.45, 7) is 5.31. The molecule has 0 aliphatic carbocycles. The number of amides is 2. The average molecular weight is 336 g/mol. The van der Waals surface area contributed by atoms with Gasteiger partial charge in [-0.1, -0.05) is 35.9 Å². The number of hydrogen-bond donors (Lipinski definition) is 1. The third kappa shape index (κ3) is 4.08. The van der Waals surface area contributed by atoms with Gasteiger partial charge in [0, 0.05) is 30.3 Å². The summed E-state index contributed by atoms with van der Waals surface area (Å²) < 4.78 is 0. The number of carbonyl (C=O) groups is 2. The Kier molecular flexibility index (Phi) is 5.17. The Bertz CT molecular complexity index is 760. The summed E-state index contributed by atoms with van der Waals surface area (Å²) in [6, 6.07) is 15.4. The first-order valence-electron chi connectivity index (χ1n) is 8.77. The second kappa shape index (κ2) is 7.51. The zero-order valence-corrected chi connectivity index (χ0v) is 14.8. The summed E-state index contributed by atoms with van der Waals surface area (Å²) in [7, 11) is 0. The topological polar surface area (TPSA) is 49.4 Å². The van der Waals surface area contributed by atoms with Gasteiger partial charge in [-0.2, -0.15) is 0 Å². The van der Waals surface area contributed by atoms with Crippen molar-refractivity contribution < 1.29 is 9.59 Å². The molecular weight excluding hydrogens is 312 g/mol. The molecule has 1 aliphatic rings. The van der Waals surface area contributed by atoms with E-state index in [1.165, 1.54) is 0 Å². The first-order chi connectivity index (χ1) is 12.0. The second-order valence-electron chi connectivity index (χ2n) is 6.72. The van der Waals surface area contributed by atoms with Crippen LogP contribution in [0.1, 0.15) is 44.7 Å². The molecular formula is C21H24N2O2. The Balaban J connectivity index is 1.55. The molecule has 2 aromatic carbocycles. The Labute approximate surface area is 148 Å². The fourth-order valence-corrected chi connectivity index (χ4v) is 3.18. The molecule has 25 heavy (non-hydrogen) atoms. The Morgan fingerprint density at radius 2 is 1.60 bits per heavy atom. The van der Waals surface area contributed by atoms with Gasteiger partial charge in [0.05, 0.1) is 0 Å². The first-order valence-corrected chi connectivity index (χ1v) is 8.77. The smallest absolute Gasteiger partial charge is 0.254 e. The van der Waals surface area contributed by atoms with E-state index >= 15 is 0 Å². The molecule has 2 aromatic rings. The van der Waals surface area contributed by atoms with E-state index in [9.17, 15) is 9.59 Å². The fraction of sp³-hybridized carbons (Fsp3) is 0.333. The molecule has 1 fully saturated rings. The minimum absolute atomic E-state index is 0.0383. The van der Waals surface area contributed by atoms with Gasteiger partial charge in [0.15, 0.2) is 0 Å². The third-order valence-corrected chi connectivity index (χ3v) is 4.81. The highest BCUT2D eigenvalue weighted by Crippen LogP contribution is 2.17. The zero-order valence-electron chi connectivity index (χ0n) is 14.8. The van der Waals surface area contributed by atoms with E-state index in [1.54, 1.807) is 0 Å². The quantitative estimate of drug-likeness (QED) is 0.934. The van der Waals surface area contributed by atoms with Crippen LogP contribution in [0.25, 0.3) is 0 Å². The molecule has 1 heterocycles. The van der Waals surface area contributed by atoms with Crippen LogP contribution < -0.4 is 5.32 Å². The first kappa shape index (κ1) is 17.2. The molecule has 0 bridgehead atoms. The van der Waals surface area contributed by atoms with Gasteiger partial charge in [-0.25, -0.2) is 0 Å². The van der Waals surface area contributed by atoms with Crippen LogP contribution in [-0.2, 0) is 0 Å². The van der Waals surface area contributed by atoms with Crippen LogP contribution in [0.5, 0.6) is 0 Å². The maximum absolute atomic E-state index is 12.6. The maximum atomic E-state index is 12.6. The van der Waals surface area contributed by atoms with E-state index in [4.69, 9.17) is 0 Å². The average Bonchev–Trinajstić information content (AvgIpc) is 2.63. The molecule has 0 radical (unpaired) electrons. The van der Waals surface area contributed by atoms with Gasteiger partial charge in [-0.15, -0.1) is 0 Å². The molecule has 0 saturated carbocycles. The SMILES string of the molecule is Cc1ccc(C(=O)NC2CCN(C(=O)c3ccccc3C)CC2)cc1. The van der Waals surface area contributed by atoms with Crippen LogP contribution in [-0.4, -0.2) is 35.8 Å². The predicted octanol–water partition coefficient (Wildman–Crippen LogP) is 3.34. The van der Waals surface area contributed by atoms with E-state index in [-0.39, 0.29) is 17.9 Å². The largest absolute Gasteiger partial charge is 0.349 e. The number of benzene rings is 2. The maximum Gasteiger partial charge on any atom is 0.254 e. The molecule has 130 valence electrons. The van der Waals surface area contributed by atoms with Crippen molar-refractivity contribution in [3.05, 3.63) is 70.8 Å². The van der Waals surface area contributed by atoms with Gasteiger partial charge in [-0.3, -0.25) is 9.59 Å². The molecule has 2 amide bonds. The highest BCUT2D eigenvalue weighted by molar-refractivity contribution is 5.96. The van der Waals surface area contributed by atoms with Crippen LogP contribution in [0.3, 0.4) is 0 Å². The van der Waals surface area contributed by atoms with Crippen molar-refractivity contribution in [1.29, 1.82) is 0 Å². The zero-order chi connectivity index (χ0) is 17.8. The third-order valence-electron chi connectivity index (χ3n) is 4.81. The molecule has 0 spiro atoms. The van der Waals surface area contributed by atoms with E-state index in [0.29, 0.717) is 18.7 Å². The number of aryl methyl sites for hydroxylation is 2. The summed E-state index contributed by atoms with van der Waals surface area (Å²) in [6.07, 6.45) is 1.57. The lowest BCUT2D eigenvalue weighted by molar-refractivity contribution is 0.0697. The number of nitrogens with one attached hydrogen (secondary N) is 1. The number of likely N-dealkylation sites (tertiary alicyclic amines) is 1. The van der Waals surface area contributed by atoms with Gasteiger partial charge in [0.1, 0.15) is 0 Å². The van der Waals surface area contributed by atoms with E-state index in [2.05, 4.69) is 5.32 Å². The summed E-state index contributed by atoms with van der Waals surface area (Å²) in [5.74, 6) is 0.0464. The van der Waals surface area contributed by atoms with Crippen molar-refractivity contribution in [2.24, 2.45) is 0 Å². The van der Waals surface area contributed by atoms with Gasteiger partial charge >= 0.3 is 0 Å². The number of hydrogen-bond acceptors (Lipinski definition) is 2. The summed E-state index contributed by atoms with van der Waals surface area (Å²) in [5, 5.41) is 3.09. The Hall–Kier alpha value is -2.62. The van der Waals surface area contributed by atoms with E-state index in [1.807, 2.05) is 67.3 Å². The van der Waals surface area contributed by atoms with Gasteiger partial charge in [0.25, 0.3) is 11.8 Å². The van der Waals surface area contributed by atoms with E-state index < -0.39 is 0 Å². The summed E-state index contributed by atoms with van der Waals surface area (Å²) >= 11 is 0. The highest BCUT2D eigenvalue weighted by Gasteiger charge is 2.25. The predicted molar refractivity (Wildman–Crippen MR) is 98.7 cm³/mol. The van der Waals surface area contributed by atoms with Crippen molar-refractivity contribution in [2.45, 2.75) is 32.7 Å². The molecule has 3 rings (SSSR count). The number of piperidine rings is 1. The lowest BCUT2D eigenvalue weighted by atomic mass is 10.0. The summed E-state index contributed by atoms with van der Waals surface area (Å²) in [5.41, 5.74) is 3.59. The van der Waals surface area contributed by atoms with Crippen LogP contribution in [0.2, 0.25) is 0 Å². The van der Waals surface area contributed by atoms with Gasteiger partial charge in [0.2, 0.25) is 0 Å². The molecule has 0 atom stereocenters. The van der Waals surface area contributed by atoms with Crippen molar-refractivity contribution in [3.8, 4) is 0 Å². The van der Waals surface area contributed by atoms with Gasteiger partial charge < -0.3 is 10.2 Å². The highest BCUT2D eigenvalue weighted by atomic mass is 16.2. The summed E-state index contributed by atoms with van der Waals surface area (Å²) in [4.78, 5) is 26.8. The minimum atomic E-state index is -0.0383. The molecule has 4 heteroatoms. The lowest BCUT2D eigenvalue weighted by Gasteiger charge is -2.32. The normalized spacial score (nSPS) is 15.0. The lowest BCUT2D eigenvalue weighted by Crippen LogP contribution is -2.46. The molecule has 0 aromatic heterocycles. The van der Waals surface area contributed by atoms with Crippen molar-refractivity contribution in [2.75, 3.05) is 13.1 Å². The number of rotatable bonds is 3. The monoisotopic (exact) mass is 336 g/mol. The molecule has 1 aliphatic heterocycles. The molecule has 4 nitrogen and oxygen atoms in total.